The number of hydrogen-bond donors (Lipinski definition) is 1. The van der Waals surface area contributed by atoms with Gasteiger partial charge in [0.25, 0.3) is 5.56 Å². The number of aromatic nitrogens is 2. The van der Waals surface area contributed by atoms with E-state index in [9.17, 15) is 19.2 Å². The van der Waals surface area contributed by atoms with Gasteiger partial charge in [-0.25, -0.2) is 18.8 Å². The van der Waals surface area contributed by atoms with Crippen molar-refractivity contribution >= 4 is 12.3 Å². The Balaban J connectivity index is 2.26. The Morgan fingerprint density at radius 1 is 1.09 bits per heavy atom. The van der Waals surface area contributed by atoms with Crippen molar-refractivity contribution in [2.45, 2.75) is 84.3 Å². The van der Waals surface area contributed by atoms with E-state index in [0.29, 0.717) is 0 Å². The van der Waals surface area contributed by atoms with Crippen LogP contribution < -0.4 is 11.2 Å². The Morgan fingerprint density at radius 3 is 2.22 bits per heavy atom. The van der Waals surface area contributed by atoms with Crippen LogP contribution in [0.15, 0.2) is 15.8 Å². The normalized spacial score (nSPS) is 23.5. The van der Waals surface area contributed by atoms with Crippen molar-refractivity contribution in [2.75, 3.05) is 6.61 Å². The lowest BCUT2D eigenvalue weighted by molar-refractivity contribution is -0.0823. The summed E-state index contributed by atoms with van der Waals surface area (Å²) in [5, 5.41) is 0. The minimum absolute atomic E-state index is 0.137. The second kappa shape index (κ2) is 9.31. The lowest BCUT2D eigenvalue weighted by Gasteiger charge is -2.24. The highest BCUT2D eigenvalue weighted by Gasteiger charge is 2.50. The Bertz CT molecular complexity index is 958. The summed E-state index contributed by atoms with van der Waals surface area (Å²) in [4.78, 5) is 49.9. The van der Waals surface area contributed by atoms with Crippen LogP contribution in [0.5, 0.6) is 0 Å². The van der Waals surface area contributed by atoms with E-state index < -0.39 is 66.0 Å². The molecule has 0 radical (unpaired) electrons. The molecular weight excluding hydrogens is 431 g/mol. The van der Waals surface area contributed by atoms with Crippen LogP contribution in [0.4, 0.5) is 14.0 Å². The molecule has 0 amide bonds. The lowest BCUT2D eigenvalue weighted by Crippen LogP contribution is -2.40. The largest absolute Gasteiger partial charge is 0.509 e. The smallest absolute Gasteiger partial charge is 0.431 e. The number of aromatic amines is 1. The minimum atomic E-state index is -2.04. The topological polar surface area (TPSA) is 135 Å². The molecule has 2 heterocycles. The molecule has 1 aromatic heterocycles. The molecule has 12 heteroatoms. The summed E-state index contributed by atoms with van der Waals surface area (Å²) in [6.45, 7) is 10.6. The van der Waals surface area contributed by atoms with Crippen LogP contribution in [0.3, 0.4) is 0 Å². The summed E-state index contributed by atoms with van der Waals surface area (Å²) in [7, 11) is 0. The first-order valence-corrected chi connectivity index (χ1v) is 9.94. The standard InChI is InChI=1S/C20H29FN2O9/c1-10-8-23(16(25)22-14(10)24)15-12(21)13(30-18(27)32-20(5,6)7)11(29-15)9-28-17(26)31-19(2,3)4/h8,11-13,15H,9H2,1-7H3,(H,22,24,25)/t11-,12?,13?,15-/m1/s1. The fourth-order valence-electron chi connectivity index (χ4n) is 2.78. The minimum Gasteiger partial charge on any atom is -0.431 e. The molecule has 1 aliphatic heterocycles. The third-order valence-corrected chi connectivity index (χ3v) is 4.06. The molecule has 4 atom stereocenters. The first kappa shape index (κ1) is 25.4. The van der Waals surface area contributed by atoms with Gasteiger partial charge in [0.15, 0.2) is 18.5 Å². The van der Waals surface area contributed by atoms with Crippen LogP contribution in [0.25, 0.3) is 0 Å². The first-order chi connectivity index (χ1) is 14.6. The molecule has 0 saturated carbocycles. The fourth-order valence-corrected chi connectivity index (χ4v) is 2.78. The predicted molar refractivity (Wildman–Crippen MR) is 108 cm³/mol. The summed E-state index contributed by atoms with van der Waals surface area (Å²) in [5.41, 5.74) is -3.15. The highest BCUT2D eigenvalue weighted by atomic mass is 19.1. The van der Waals surface area contributed by atoms with Gasteiger partial charge in [0.05, 0.1) is 0 Å². The Hall–Kier alpha value is -2.89. The van der Waals surface area contributed by atoms with E-state index >= 15 is 4.39 Å². The van der Waals surface area contributed by atoms with Gasteiger partial charge in [-0.1, -0.05) is 0 Å². The van der Waals surface area contributed by atoms with E-state index in [1.54, 1.807) is 41.5 Å². The van der Waals surface area contributed by atoms with Gasteiger partial charge in [0.1, 0.15) is 23.9 Å². The van der Waals surface area contributed by atoms with E-state index in [1.807, 2.05) is 4.98 Å². The van der Waals surface area contributed by atoms with Gasteiger partial charge in [0, 0.05) is 11.8 Å². The number of hydrogen-bond acceptors (Lipinski definition) is 9. The van der Waals surface area contributed by atoms with E-state index in [0.717, 1.165) is 10.8 Å². The average molecular weight is 460 g/mol. The summed E-state index contributed by atoms with van der Waals surface area (Å²) >= 11 is 0. The number of nitrogens with one attached hydrogen (secondary N) is 1. The third-order valence-electron chi connectivity index (χ3n) is 4.06. The van der Waals surface area contributed by atoms with Crippen molar-refractivity contribution in [1.29, 1.82) is 0 Å². The molecular formula is C20H29FN2O9. The molecule has 0 aromatic carbocycles. The summed E-state index contributed by atoms with van der Waals surface area (Å²) in [6, 6.07) is 0. The van der Waals surface area contributed by atoms with E-state index in [-0.39, 0.29) is 5.56 Å². The Morgan fingerprint density at radius 2 is 1.66 bits per heavy atom. The second-order valence-electron chi connectivity index (χ2n) is 9.31. The summed E-state index contributed by atoms with van der Waals surface area (Å²) in [5.74, 6) is 0. The van der Waals surface area contributed by atoms with Crippen LogP contribution in [0.2, 0.25) is 0 Å². The fraction of sp³-hybridized carbons (Fsp3) is 0.700. The van der Waals surface area contributed by atoms with Gasteiger partial charge in [-0.15, -0.1) is 0 Å². The van der Waals surface area contributed by atoms with E-state index in [4.69, 9.17) is 23.7 Å². The quantitative estimate of drug-likeness (QED) is 0.672. The highest BCUT2D eigenvalue weighted by molar-refractivity contribution is 5.61. The SMILES string of the molecule is Cc1cn([C@@H]2O[C@H](COC(=O)OC(C)(C)C)C(OC(=O)OC(C)(C)C)C2F)c(=O)[nH]c1=O. The molecule has 1 N–H and O–H groups in total. The Labute approximate surface area is 183 Å². The molecule has 1 aliphatic rings. The van der Waals surface area contributed by atoms with Gasteiger partial charge in [-0.05, 0) is 48.5 Å². The number of ether oxygens (including phenoxy) is 5. The zero-order chi connectivity index (χ0) is 24.4. The molecule has 1 aromatic rings. The number of alkyl halides is 1. The van der Waals surface area contributed by atoms with Gasteiger partial charge >= 0.3 is 18.0 Å². The maximum Gasteiger partial charge on any atom is 0.509 e. The van der Waals surface area contributed by atoms with Crippen molar-refractivity contribution < 1.29 is 37.7 Å². The zero-order valence-corrected chi connectivity index (χ0v) is 19.1. The molecule has 2 rings (SSSR count). The van der Waals surface area contributed by atoms with Crippen molar-refractivity contribution in [3.05, 3.63) is 32.6 Å². The van der Waals surface area contributed by atoms with Gasteiger partial charge in [-0.3, -0.25) is 14.3 Å². The number of halogens is 1. The highest BCUT2D eigenvalue weighted by Crippen LogP contribution is 2.34. The second-order valence-corrected chi connectivity index (χ2v) is 9.31. The summed E-state index contributed by atoms with van der Waals surface area (Å²) < 4.78 is 41.9. The number of H-pyrrole nitrogens is 1. The van der Waals surface area contributed by atoms with Crippen LogP contribution in [-0.2, 0) is 23.7 Å². The molecule has 32 heavy (non-hydrogen) atoms. The van der Waals surface area contributed by atoms with Crippen molar-refractivity contribution in [3.63, 3.8) is 0 Å². The molecule has 11 nitrogen and oxygen atoms in total. The number of nitrogens with zero attached hydrogens (tertiary/aromatic N) is 1. The van der Waals surface area contributed by atoms with Crippen LogP contribution in [0.1, 0.15) is 53.3 Å². The number of aryl methyl sites for hydroxylation is 1. The number of rotatable bonds is 4. The zero-order valence-electron chi connectivity index (χ0n) is 19.1. The number of carbonyl (C=O) groups excluding carboxylic acids is 2. The molecule has 1 saturated heterocycles. The first-order valence-electron chi connectivity index (χ1n) is 9.94. The predicted octanol–water partition coefficient (Wildman–Crippen LogP) is 2.35. The van der Waals surface area contributed by atoms with Gasteiger partial charge in [0.2, 0.25) is 0 Å². The molecule has 0 bridgehead atoms. The van der Waals surface area contributed by atoms with Gasteiger partial charge in [-0.2, -0.15) is 0 Å². The van der Waals surface area contributed by atoms with Crippen molar-refractivity contribution in [1.82, 2.24) is 9.55 Å². The average Bonchev–Trinajstić information content (AvgIpc) is 2.89. The number of carbonyl (C=O) groups is 2. The lowest BCUT2D eigenvalue weighted by atomic mass is 10.1. The monoisotopic (exact) mass is 460 g/mol. The van der Waals surface area contributed by atoms with E-state index in [1.165, 1.54) is 6.92 Å². The molecule has 0 aliphatic carbocycles. The molecule has 1 fully saturated rings. The maximum absolute atomic E-state index is 15.3. The van der Waals surface area contributed by atoms with E-state index in [2.05, 4.69) is 0 Å². The maximum atomic E-state index is 15.3. The van der Waals surface area contributed by atoms with Crippen LogP contribution in [0, 0.1) is 6.92 Å². The van der Waals surface area contributed by atoms with Crippen LogP contribution >= 0.6 is 0 Å². The van der Waals surface area contributed by atoms with Crippen LogP contribution in [-0.4, -0.2) is 58.1 Å². The van der Waals surface area contributed by atoms with Crippen molar-refractivity contribution in [2.24, 2.45) is 0 Å². The molecule has 180 valence electrons. The third kappa shape index (κ3) is 6.81. The molecule has 2 unspecified atom stereocenters. The Kier molecular flexibility index (Phi) is 7.38. The molecule has 0 spiro atoms. The summed E-state index contributed by atoms with van der Waals surface area (Å²) in [6.07, 6.45) is -7.53. The van der Waals surface area contributed by atoms with Gasteiger partial charge < -0.3 is 23.7 Å². The van der Waals surface area contributed by atoms with Crippen molar-refractivity contribution in [3.8, 4) is 0 Å².